The van der Waals surface area contributed by atoms with Crippen LogP contribution in [0.1, 0.15) is 37.0 Å². The van der Waals surface area contributed by atoms with Gasteiger partial charge in [-0.2, -0.15) is 0 Å². The number of rotatable bonds is 4. The lowest BCUT2D eigenvalue weighted by Gasteiger charge is -2.31. The second kappa shape index (κ2) is 7.59. The maximum Gasteiger partial charge on any atom is 0.246 e. The smallest absolute Gasteiger partial charge is 0.246 e. The molecule has 1 aliphatic heterocycles. The maximum atomic E-state index is 12.5. The van der Waals surface area contributed by atoms with Crippen molar-refractivity contribution in [3.63, 3.8) is 0 Å². The van der Waals surface area contributed by atoms with Crippen LogP contribution in [0.5, 0.6) is 0 Å². The van der Waals surface area contributed by atoms with E-state index in [2.05, 4.69) is 0 Å². The van der Waals surface area contributed by atoms with Crippen molar-refractivity contribution in [2.45, 2.75) is 26.7 Å². The minimum atomic E-state index is -0.119. The van der Waals surface area contributed by atoms with Gasteiger partial charge in [-0.05, 0) is 49.1 Å². The van der Waals surface area contributed by atoms with Gasteiger partial charge in [0.1, 0.15) is 0 Å². The van der Waals surface area contributed by atoms with E-state index in [0.29, 0.717) is 23.0 Å². The van der Waals surface area contributed by atoms with Gasteiger partial charge in [0.05, 0.1) is 0 Å². The van der Waals surface area contributed by atoms with Crippen LogP contribution in [0.4, 0.5) is 0 Å². The molecule has 0 aliphatic carbocycles. The zero-order chi connectivity index (χ0) is 16.1. The minimum Gasteiger partial charge on any atom is -0.338 e. The summed E-state index contributed by atoms with van der Waals surface area (Å²) >= 11 is 5.86. The number of amides is 1. The molecule has 0 saturated carbocycles. The number of hydrogen-bond donors (Lipinski definition) is 0. The van der Waals surface area contributed by atoms with Crippen LogP contribution in [0, 0.1) is 11.8 Å². The first-order valence-corrected chi connectivity index (χ1v) is 8.12. The van der Waals surface area contributed by atoms with Gasteiger partial charge in [0.2, 0.25) is 5.91 Å². The number of carbonyl (C=O) groups is 2. The molecule has 4 heteroatoms. The van der Waals surface area contributed by atoms with E-state index in [4.69, 9.17) is 11.6 Å². The number of ketones is 1. The number of hydrogen-bond acceptors (Lipinski definition) is 2. The highest BCUT2D eigenvalue weighted by Gasteiger charge is 2.28. The average Bonchev–Trinajstić information content (AvgIpc) is 2.52. The molecule has 118 valence electrons. The largest absolute Gasteiger partial charge is 0.338 e. The van der Waals surface area contributed by atoms with Gasteiger partial charge in [0.15, 0.2) is 5.78 Å². The molecule has 1 aromatic rings. The summed E-state index contributed by atoms with van der Waals surface area (Å²) in [5.41, 5.74) is 0.668. The van der Waals surface area contributed by atoms with Crippen molar-refractivity contribution < 1.29 is 9.59 Å². The molecule has 0 bridgehead atoms. The van der Waals surface area contributed by atoms with Gasteiger partial charge in [-0.1, -0.05) is 31.5 Å². The standard InChI is InChI=1S/C18H22ClNO2/c1-13(2)5-10-17(21)20-11-3-4-15(12-20)18(22)14-6-8-16(19)9-7-14/h5-10,13,15H,3-4,11-12H2,1-2H3/b10-5+. The number of halogens is 1. The van der Waals surface area contributed by atoms with E-state index in [1.807, 2.05) is 19.9 Å². The van der Waals surface area contributed by atoms with E-state index in [-0.39, 0.29) is 17.6 Å². The van der Waals surface area contributed by atoms with Gasteiger partial charge in [-0.3, -0.25) is 9.59 Å². The van der Waals surface area contributed by atoms with Gasteiger partial charge in [0.25, 0.3) is 0 Å². The third-order valence-electron chi connectivity index (χ3n) is 3.86. The highest BCUT2D eigenvalue weighted by atomic mass is 35.5. The van der Waals surface area contributed by atoms with Gasteiger partial charge in [0, 0.05) is 29.6 Å². The van der Waals surface area contributed by atoms with Crippen molar-refractivity contribution in [2.75, 3.05) is 13.1 Å². The molecule has 1 aliphatic rings. The molecule has 1 saturated heterocycles. The average molecular weight is 320 g/mol. The molecule has 3 nitrogen and oxygen atoms in total. The number of allylic oxidation sites excluding steroid dienone is 1. The fourth-order valence-electron chi connectivity index (χ4n) is 2.62. The van der Waals surface area contributed by atoms with Crippen molar-refractivity contribution in [3.8, 4) is 0 Å². The van der Waals surface area contributed by atoms with Crippen molar-refractivity contribution in [2.24, 2.45) is 11.8 Å². The van der Waals surface area contributed by atoms with E-state index in [9.17, 15) is 9.59 Å². The predicted molar refractivity (Wildman–Crippen MR) is 89.1 cm³/mol. The minimum absolute atomic E-state index is 0.00214. The lowest BCUT2D eigenvalue weighted by molar-refractivity contribution is -0.127. The van der Waals surface area contributed by atoms with Crippen LogP contribution >= 0.6 is 11.6 Å². The van der Waals surface area contributed by atoms with Crippen molar-refractivity contribution in [3.05, 3.63) is 47.0 Å². The fraction of sp³-hybridized carbons (Fsp3) is 0.444. The SMILES string of the molecule is CC(C)/C=C/C(=O)N1CCCC(C(=O)c2ccc(Cl)cc2)C1. The Morgan fingerprint density at radius 1 is 1.27 bits per heavy atom. The Labute approximate surface area is 137 Å². The monoisotopic (exact) mass is 319 g/mol. The topological polar surface area (TPSA) is 37.4 Å². The molecule has 1 heterocycles. The first-order valence-electron chi connectivity index (χ1n) is 7.74. The third kappa shape index (κ3) is 4.44. The van der Waals surface area contributed by atoms with E-state index >= 15 is 0 Å². The molecule has 2 rings (SSSR count). The second-order valence-corrected chi connectivity index (χ2v) is 6.53. The number of carbonyl (C=O) groups excluding carboxylic acids is 2. The summed E-state index contributed by atoms with van der Waals surface area (Å²) in [6, 6.07) is 6.96. The zero-order valence-electron chi connectivity index (χ0n) is 13.1. The molecular formula is C18H22ClNO2. The first kappa shape index (κ1) is 16.8. The zero-order valence-corrected chi connectivity index (χ0v) is 13.8. The van der Waals surface area contributed by atoms with E-state index in [1.165, 1.54) is 0 Å². The fourth-order valence-corrected chi connectivity index (χ4v) is 2.75. The molecule has 1 amide bonds. The maximum absolute atomic E-state index is 12.5. The van der Waals surface area contributed by atoms with Crippen LogP contribution in [0.25, 0.3) is 0 Å². The summed E-state index contributed by atoms with van der Waals surface area (Å²) < 4.78 is 0. The van der Waals surface area contributed by atoms with E-state index in [1.54, 1.807) is 35.2 Å². The summed E-state index contributed by atoms with van der Waals surface area (Å²) in [4.78, 5) is 26.5. The Balaban J connectivity index is 2.02. The van der Waals surface area contributed by atoms with Crippen LogP contribution in [0.15, 0.2) is 36.4 Å². The van der Waals surface area contributed by atoms with E-state index in [0.717, 1.165) is 19.4 Å². The molecule has 1 fully saturated rings. The van der Waals surface area contributed by atoms with Crippen molar-refractivity contribution in [1.82, 2.24) is 4.90 Å². The van der Waals surface area contributed by atoms with Crippen LogP contribution in [-0.4, -0.2) is 29.7 Å². The highest BCUT2D eigenvalue weighted by molar-refractivity contribution is 6.30. The molecule has 1 aromatic carbocycles. The molecule has 1 unspecified atom stereocenters. The van der Waals surface area contributed by atoms with Gasteiger partial charge in [-0.25, -0.2) is 0 Å². The van der Waals surface area contributed by atoms with Crippen molar-refractivity contribution in [1.29, 1.82) is 0 Å². The van der Waals surface area contributed by atoms with Gasteiger partial charge < -0.3 is 4.90 Å². The second-order valence-electron chi connectivity index (χ2n) is 6.10. The Morgan fingerprint density at radius 3 is 2.59 bits per heavy atom. The van der Waals surface area contributed by atoms with Gasteiger partial charge >= 0.3 is 0 Å². The summed E-state index contributed by atoms with van der Waals surface area (Å²) in [5.74, 6) is 0.330. The van der Waals surface area contributed by atoms with Crippen LogP contribution in [0.3, 0.4) is 0 Å². The molecule has 1 atom stereocenters. The molecule has 0 aromatic heterocycles. The Hall–Kier alpha value is -1.61. The third-order valence-corrected chi connectivity index (χ3v) is 4.11. The van der Waals surface area contributed by atoms with Crippen LogP contribution < -0.4 is 0 Å². The Morgan fingerprint density at radius 2 is 1.95 bits per heavy atom. The summed E-state index contributed by atoms with van der Waals surface area (Å²) in [6.45, 7) is 5.30. The molecule has 0 N–H and O–H groups in total. The number of benzene rings is 1. The number of likely N-dealkylation sites (tertiary alicyclic amines) is 1. The molecular weight excluding hydrogens is 298 g/mol. The quantitative estimate of drug-likeness (QED) is 0.622. The molecule has 0 spiro atoms. The summed E-state index contributed by atoms with van der Waals surface area (Å²) in [5, 5.41) is 0.621. The lowest BCUT2D eigenvalue weighted by atomic mass is 9.90. The Kier molecular flexibility index (Phi) is 5.78. The Bertz CT molecular complexity index is 563. The molecule has 0 radical (unpaired) electrons. The predicted octanol–water partition coefficient (Wildman–Crippen LogP) is 3.97. The number of piperidine rings is 1. The van der Waals surface area contributed by atoms with Gasteiger partial charge in [-0.15, -0.1) is 0 Å². The van der Waals surface area contributed by atoms with Crippen molar-refractivity contribution >= 4 is 23.3 Å². The highest BCUT2D eigenvalue weighted by Crippen LogP contribution is 2.22. The van der Waals surface area contributed by atoms with Crippen LogP contribution in [0.2, 0.25) is 5.02 Å². The van der Waals surface area contributed by atoms with Crippen LogP contribution in [-0.2, 0) is 4.79 Å². The first-order chi connectivity index (χ1) is 10.5. The number of Topliss-reactive ketones (excluding diaryl/α,β-unsaturated/α-hetero) is 1. The normalized spacial score (nSPS) is 18.9. The number of nitrogens with zero attached hydrogens (tertiary/aromatic N) is 1. The lowest BCUT2D eigenvalue weighted by Crippen LogP contribution is -2.41. The summed E-state index contributed by atoms with van der Waals surface area (Å²) in [7, 11) is 0. The summed E-state index contributed by atoms with van der Waals surface area (Å²) in [6.07, 6.45) is 5.22. The molecule has 22 heavy (non-hydrogen) atoms. The van der Waals surface area contributed by atoms with E-state index < -0.39 is 0 Å².